The minimum atomic E-state index is -1.02. The van der Waals surface area contributed by atoms with Crippen LogP contribution in [-0.2, 0) is 6.42 Å². The van der Waals surface area contributed by atoms with Crippen LogP contribution in [0.2, 0.25) is 5.02 Å². The third kappa shape index (κ3) is 2.02. The standard InChI is InChI=1S/C12H13ClN2O3/c1-18-6-4-8-7(2-3-14)11(12(16)17)15-10(8)9(13)5-6/h4-5,15H,2-3,14H2,1H3,(H,16,17). The summed E-state index contributed by atoms with van der Waals surface area (Å²) >= 11 is 6.10. The van der Waals surface area contributed by atoms with Gasteiger partial charge >= 0.3 is 5.97 Å². The highest BCUT2D eigenvalue weighted by Gasteiger charge is 2.18. The van der Waals surface area contributed by atoms with Crippen molar-refractivity contribution in [3.8, 4) is 5.75 Å². The van der Waals surface area contributed by atoms with Crippen molar-refractivity contribution in [1.29, 1.82) is 0 Å². The number of aromatic nitrogens is 1. The van der Waals surface area contributed by atoms with Crippen LogP contribution in [0, 0.1) is 0 Å². The quantitative estimate of drug-likeness (QED) is 0.792. The molecule has 0 atom stereocenters. The fourth-order valence-electron chi connectivity index (χ4n) is 1.99. The first-order chi connectivity index (χ1) is 8.58. The molecule has 1 heterocycles. The number of nitrogens with one attached hydrogen (secondary N) is 1. The maximum atomic E-state index is 11.2. The molecule has 0 aliphatic rings. The molecule has 0 aliphatic heterocycles. The molecule has 2 rings (SSSR count). The Morgan fingerprint density at radius 1 is 1.56 bits per heavy atom. The van der Waals surface area contributed by atoms with Crippen LogP contribution in [0.1, 0.15) is 16.1 Å². The number of carbonyl (C=O) groups is 1. The molecule has 4 N–H and O–H groups in total. The van der Waals surface area contributed by atoms with Crippen LogP contribution >= 0.6 is 11.6 Å². The van der Waals surface area contributed by atoms with E-state index in [2.05, 4.69) is 4.98 Å². The second-order valence-electron chi connectivity index (χ2n) is 3.85. The number of hydrogen-bond donors (Lipinski definition) is 3. The van der Waals surface area contributed by atoms with E-state index in [0.29, 0.717) is 34.8 Å². The zero-order chi connectivity index (χ0) is 13.3. The number of ether oxygens (including phenoxy) is 1. The van der Waals surface area contributed by atoms with Crippen LogP contribution < -0.4 is 10.5 Å². The van der Waals surface area contributed by atoms with E-state index in [1.165, 1.54) is 7.11 Å². The molecule has 1 aromatic carbocycles. The lowest BCUT2D eigenvalue weighted by atomic mass is 10.1. The summed E-state index contributed by atoms with van der Waals surface area (Å²) in [5.41, 5.74) is 6.90. The number of fused-ring (bicyclic) bond motifs is 1. The van der Waals surface area contributed by atoms with Crippen LogP contribution in [0.15, 0.2) is 12.1 Å². The van der Waals surface area contributed by atoms with Gasteiger partial charge < -0.3 is 20.6 Å². The molecule has 0 saturated carbocycles. The van der Waals surface area contributed by atoms with Gasteiger partial charge in [0, 0.05) is 11.5 Å². The van der Waals surface area contributed by atoms with Crippen molar-refractivity contribution in [2.24, 2.45) is 5.73 Å². The Morgan fingerprint density at radius 2 is 2.28 bits per heavy atom. The lowest BCUT2D eigenvalue weighted by Gasteiger charge is -2.03. The van der Waals surface area contributed by atoms with E-state index in [1.54, 1.807) is 12.1 Å². The van der Waals surface area contributed by atoms with Gasteiger partial charge in [0.25, 0.3) is 0 Å². The molecule has 6 heteroatoms. The Hall–Kier alpha value is -1.72. The van der Waals surface area contributed by atoms with Gasteiger partial charge in [0.05, 0.1) is 17.6 Å². The highest BCUT2D eigenvalue weighted by Crippen LogP contribution is 2.32. The Bertz CT molecular complexity index is 607. The molecule has 0 aliphatic carbocycles. The van der Waals surface area contributed by atoms with Crippen molar-refractivity contribution in [3.63, 3.8) is 0 Å². The molecule has 0 amide bonds. The highest BCUT2D eigenvalue weighted by molar-refractivity contribution is 6.35. The molecule has 5 nitrogen and oxygen atoms in total. The fraction of sp³-hybridized carbons (Fsp3) is 0.250. The number of aromatic amines is 1. The minimum Gasteiger partial charge on any atom is -0.497 e. The first kappa shape index (κ1) is 12.7. The Morgan fingerprint density at radius 3 is 2.83 bits per heavy atom. The van der Waals surface area contributed by atoms with Gasteiger partial charge in [-0.3, -0.25) is 0 Å². The van der Waals surface area contributed by atoms with Crippen molar-refractivity contribution >= 4 is 28.5 Å². The Balaban J connectivity index is 2.77. The summed E-state index contributed by atoms with van der Waals surface area (Å²) < 4.78 is 5.13. The molecule has 2 aromatic rings. The number of benzene rings is 1. The van der Waals surface area contributed by atoms with Crippen molar-refractivity contribution in [2.45, 2.75) is 6.42 Å². The van der Waals surface area contributed by atoms with Gasteiger partial charge in [-0.05, 0) is 24.6 Å². The SMILES string of the molecule is COc1cc(Cl)c2[nH]c(C(=O)O)c(CCN)c2c1. The molecular weight excluding hydrogens is 256 g/mol. The average Bonchev–Trinajstić information content (AvgIpc) is 2.69. The van der Waals surface area contributed by atoms with Gasteiger partial charge in [0.15, 0.2) is 0 Å². The fourth-order valence-corrected chi connectivity index (χ4v) is 2.24. The number of nitrogens with two attached hydrogens (primary N) is 1. The lowest BCUT2D eigenvalue weighted by Crippen LogP contribution is -2.07. The van der Waals surface area contributed by atoms with Crippen molar-refractivity contribution in [2.75, 3.05) is 13.7 Å². The molecule has 1 aromatic heterocycles. The maximum absolute atomic E-state index is 11.2. The van der Waals surface area contributed by atoms with Gasteiger partial charge in [-0.2, -0.15) is 0 Å². The molecule has 18 heavy (non-hydrogen) atoms. The van der Waals surface area contributed by atoms with Crippen LogP contribution in [0.4, 0.5) is 0 Å². The molecule has 0 unspecified atom stereocenters. The zero-order valence-corrected chi connectivity index (χ0v) is 10.5. The lowest BCUT2D eigenvalue weighted by molar-refractivity contribution is 0.0690. The average molecular weight is 269 g/mol. The predicted octanol–water partition coefficient (Wildman–Crippen LogP) is 2.03. The molecule has 0 radical (unpaired) electrons. The van der Waals surface area contributed by atoms with Crippen LogP contribution in [-0.4, -0.2) is 29.7 Å². The Labute approximate surface area is 108 Å². The van der Waals surface area contributed by atoms with Gasteiger partial charge in [0.1, 0.15) is 11.4 Å². The molecule has 0 saturated heterocycles. The second-order valence-corrected chi connectivity index (χ2v) is 4.26. The van der Waals surface area contributed by atoms with Gasteiger partial charge in [-0.25, -0.2) is 4.79 Å². The highest BCUT2D eigenvalue weighted by atomic mass is 35.5. The number of carboxylic acid groups (broad SMARTS) is 1. The number of methoxy groups -OCH3 is 1. The summed E-state index contributed by atoms with van der Waals surface area (Å²) in [7, 11) is 1.53. The van der Waals surface area contributed by atoms with E-state index >= 15 is 0 Å². The van der Waals surface area contributed by atoms with E-state index in [9.17, 15) is 4.79 Å². The first-order valence-electron chi connectivity index (χ1n) is 5.40. The number of halogens is 1. The summed E-state index contributed by atoms with van der Waals surface area (Å²) in [6.07, 6.45) is 0.463. The van der Waals surface area contributed by atoms with Crippen molar-refractivity contribution in [3.05, 3.63) is 28.4 Å². The van der Waals surface area contributed by atoms with Gasteiger partial charge in [-0.15, -0.1) is 0 Å². The second kappa shape index (κ2) is 4.88. The number of carboxylic acids is 1. The number of rotatable bonds is 4. The first-order valence-corrected chi connectivity index (χ1v) is 5.77. The molecule has 0 spiro atoms. The van der Waals surface area contributed by atoms with Gasteiger partial charge in [0.2, 0.25) is 0 Å². The zero-order valence-electron chi connectivity index (χ0n) is 9.79. The molecule has 0 bridgehead atoms. The van der Waals surface area contributed by atoms with Crippen LogP contribution in [0.25, 0.3) is 10.9 Å². The summed E-state index contributed by atoms with van der Waals surface area (Å²) in [6, 6.07) is 3.40. The van der Waals surface area contributed by atoms with E-state index in [1.807, 2.05) is 0 Å². The van der Waals surface area contributed by atoms with E-state index in [4.69, 9.17) is 27.2 Å². The third-order valence-corrected chi connectivity index (χ3v) is 3.08. The largest absolute Gasteiger partial charge is 0.497 e. The number of H-pyrrole nitrogens is 1. The van der Waals surface area contributed by atoms with E-state index in [0.717, 1.165) is 5.39 Å². The van der Waals surface area contributed by atoms with Crippen LogP contribution in [0.5, 0.6) is 5.75 Å². The summed E-state index contributed by atoms with van der Waals surface area (Å²) in [5, 5.41) is 10.3. The smallest absolute Gasteiger partial charge is 0.352 e. The predicted molar refractivity (Wildman–Crippen MR) is 69.6 cm³/mol. The maximum Gasteiger partial charge on any atom is 0.352 e. The van der Waals surface area contributed by atoms with Crippen LogP contribution in [0.3, 0.4) is 0 Å². The minimum absolute atomic E-state index is 0.130. The molecule has 0 fully saturated rings. The van der Waals surface area contributed by atoms with Crippen molar-refractivity contribution < 1.29 is 14.6 Å². The van der Waals surface area contributed by atoms with Gasteiger partial charge in [-0.1, -0.05) is 11.6 Å². The monoisotopic (exact) mass is 268 g/mol. The number of aromatic carboxylic acids is 1. The normalized spacial score (nSPS) is 10.8. The molecular formula is C12H13ClN2O3. The topological polar surface area (TPSA) is 88.3 Å². The summed E-state index contributed by atoms with van der Waals surface area (Å²) in [6.45, 7) is 0.363. The summed E-state index contributed by atoms with van der Waals surface area (Å²) in [4.78, 5) is 14.0. The number of hydrogen-bond acceptors (Lipinski definition) is 3. The van der Waals surface area contributed by atoms with E-state index < -0.39 is 5.97 Å². The summed E-state index contributed by atoms with van der Waals surface area (Å²) in [5.74, 6) is -0.439. The molecule has 96 valence electrons. The van der Waals surface area contributed by atoms with Crippen molar-refractivity contribution in [1.82, 2.24) is 4.98 Å². The Kier molecular flexibility index (Phi) is 3.45. The third-order valence-electron chi connectivity index (χ3n) is 2.78. The van der Waals surface area contributed by atoms with E-state index in [-0.39, 0.29) is 5.69 Å².